The molecule has 0 atom stereocenters. The van der Waals surface area contributed by atoms with E-state index in [1.165, 1.54) is 12.4 Å². The molecule has 0 aromatic rings. The standard InChI is InChI=1S/C4H4N2O/c7-3-4-5-1-2-6-4/h1-3,7H/p-1. The normalized spacial score (nSPS) is 15.7. The van der Waals surface area contributed by atoms with Crippen LogP contribution in [0.2, 0.25) is 0 Å². The molecule has 1 rings (SSSR count). The molecule has 0 radical (unpaired) electrons. The molecule has 0 saturated heterocycles. The van der Waals surface area contributed by atoms with Gasteiger partial charge in [-0.05, 0) is 0 Å². The fraction of sp³-hybridized carbons (Fsp3) is 0. The molecule has 0 amide bonds. The van der Waals surface area contributed by atoms with Gasteiger partial charge in [-0.15, -0.1) is 6.26 Å². The van der Waals surface area contributed by atoms with E-state index in [4.69, 9.17) is 0 Å². The second kappa shape index (κ2) is 1.55. The van der Waals surface area contributed by atoms with Crippen LogP contribution in [-0.4, -0.2) is 12.4 Å². The van der Waals surface area contributed by atoms with Crippen LogP contribution in [0.5, 0.6) is 0 Å². The molecule has 0 bridgehead atoms. The van der Waals surface area contributed by atoms with Crippen molar-refractivity contribution in [1.29, 1.82) is 0 Å². The van der Waals surface area contributed by atoms with Crippen LogP contribution in [0.25, 0.3) is 0 Å². The minimum Gasteiger partial charge on any atom is -0.875 e. The second-order valence-electron chi connectivity index (χ2n) is 1.03. The fourth-order valence-corrected chi connectivity index (χ4v) is 0.314. The third-order valence-corrected chi connectivity index (χ3v) is 0.586. The highest BCUT2D eigenvalue weighted by atomic mass is 16.2. The predicted molar refractivity (Wildman–Crippen MR) is 25.1 cm³/mol. The molecule has 0 spiro atoms. The van der Waals surface area contributed by atoms with Gasteiger partial charge in [0.05, 0.1) is 0 Å². The van der Waals surface area contributed by atoms with Gasteiger partial charge in [-0.1, -0.05) is 0 Å². The fourth-order valence-electron chi connectivity index (χ4n) is 0.314. The highest BCUT2D eigenvalue weighted by Crippen LogP contribution is 1.96. The first-order valence-corrected chi connectivity index (χ1v) is 1.82. The Bertz CT molecular complexity index is 132. The van der Waals surface area contributed by atoms with E-state index in [9.17, 15) is 5.11 Å². The topological polar surface area (TPSA) is 47.8 Å². The molecule has 0 unspecified atom stereocenters. The van der Waals surface area contributed by atoms with Gasteiger partial charge in [0.1, 0.15) is 5.82 Å². The molecule has 1 aliphatic rings. The lowest BCUT2D eigenvalue weighted by atomic mass is 10.8. The number of hydrogen-bond donors (Lipinski definition) is 0. The zero-order valence-corrected chi connectivity index (χ0v) is 3.53. The molecule has 1 aliphatic heterocycles. The van der Waals surface area contributed by atoms with Crippen molar-refractivity contribution in [3.63, 3.8) is 0 Å². The molecule has 0 fully saturated rings. The van der Waals surface area contributed by atoms with Crippen molar-refractivity contribution in [1.82, 2.24) is 0 Å². The lowest BCUT2D eigenvalue weighted by Crippen LogP contribution is -1.86. The van der Waals surface area contributed by atoms with Crippen LogP contribution in [-0.2, 0) is 0 Å². The predicted octanol–water partition coefficient (Wildman–Crippen LogP) is -0.699. The molecule has 0 aromatic heterocycles. The Morgan fingerprint density at radius 3 is 2.29 bits per heavy atom. The average molecular weight is 95.1 g/mol. The van der Waals surface area contributed by atoms with Crippen molar-refractivity contribution in [3.05, 3.63) is 12.1 Å². The summed E-state index contributed by atoms with van der Waals surface area (Å²) in [5.74, 6) is 0.250. The molecule has 0 N–H and O–H groups in total. The van der Waals surface area contributed by atoms with Gasteiger partial charge in [-0.25, -0.2) is 9.98 Å². The van der Waals surface area contributed by atoms with Gasteiger partial charge in [0.25, 0.3) is 0 Å². The van der Waals surface area contributed by atoms with Gasteiger partial charge in [0.15, 0.2) is 0 Å². The molecule has 3 nitrogen and oxygen atoms in total. The smallest absolute Gasteiger partial charge is 0.136 e. The van der Waals surface area contributed by atoms with Crippen LogP contribution in [0, 0.1) is 0 Å². The maximum atomic E-state index is 9.74. The maximum absolute atomic E-state index is 9.74. The zero-order chi connectivity index (χ0) is 5.11. The van der Waals surface area contributed by atoms with E-state index in [0.29, 0.717) is 6.26 Å². The summed E-state index contributed by atoms with van der Waals surface area (Å²) in [5, 5.41) is 9.74. The van der Waals surface area contributed by atoms with Crippen LogP contribution in [0.1, 0.15) is 0 Å². The number of aliphatic imine (C=N–C) groups is 2. The third kappa shape index (κ3) is 0.652. The Hall–Kier alpha value is -1.12. The molecule has 7 heavy (non-hydrogen) atoms. The van der Waals surface area contributed by atoms with Crippen molar-refractivity contribution in [2.24, 2.45) is 9.98 Å². The van der Waals surface area contributed by atoms with E-state index in [0.717, 1.165) is 0 Å². The number of nitrogens with zero attached hydrogens (tertiary/aromatic N) is 2. The van der Waals surface area contributed by atoms with Crippen molar-refractivity contribution >= 4 is 12.4 Å². The van der Waals surface area contributed by atoms with E-state index in [-0.39, 0.29) is 5.82 Å². The minimum absolute atomic E-state index is 0.250. The summed E-state index contributed by atoms with van der Waals surface area (Å²) in [6.45, 7) is 0. The summed E-state index contributed by atoms with van der Waals surface area (Å²) in [7, 11) is 0. The molecular weight excluding hydrogens is 92.1 g/mol. The minimum atomic E-state index is 0.250. The van der Waals surface area contributed by atoms with Crippen molar-refractivity contribution < 1.29 is 5.11 Å². The lowest BCUT2D eigenvalue weighted by molar-refractivity contribution is -0.276. The Morgan fingerprint density at radius 2 is 2.00 bits per heavy atom. The van der Waals surface area contributed by atoms with Gasteiger partial charge in [-0.3, -0.25) is 0 Å². The third-order valence-electron chi connectivity index (χ3n) is 0.586. The van der Waals surface area contributed by atoms with Gasteiger partial charge in [0, 0.05) is 12.4 Å². The Kier molecular flexibility index (Phi) is 0.898. The Balaban J connectivity index is 2.79. The quantitative estimate of drug-likeness (QED) is 0.367. The van der Waals surface area contributed by atoms with Gasteiger partial charge in [0.2, 0.25) is 0 Å². The van der Waals surface area contributed by atoms with Gasteiger partial charge in [-0.2, -0.15) is 0 Å². The summed E-state index contributed by atoms with van der Waals surface area (Å²) in [6.07, 6.45) is 3.56. The molecule has 1 heterocycles. The van der Waals surface area contributed by atoms with Crippen molar-refractivity contribution in [2.75, 3.05) is 0 Å². The average Bonchev–Trinajstić information content (AvgIpc) is 2.14. The summed E-state index contributed by atoms with van der Waals surface area (Å²) in [5.41, 5.74) is 0. The monoisotopic (exact) mass is 95.0 g/mol. The molecule has 0 aliphatic carbocycles. The summed E-state index contributed by atoms with van der Waals surface area (Å²) < 4.78 is 0. The molecular formula is C4H3N2O-. The maximum Gasteiger partial charge on any atom is 0.136 e. The van der Waals surface area contributed by atoms with Gasteiger partial charge >= 0.3 is 0 Å². The molecule has 3 heteroatoms. The Labute approximate surface area is 40.7 Å². The molecule has 36 valence electrons. The van der Waals surface area contributed by atoms with E-state index in [1.807, 2.05) is 0 Å². The van der Waals surface area contributed by atoms with Crippen LogP contribution in [0.15, 0.2) is 22.1 Å². The highest BCUT2D eigenvalue weighted by molar-refractivity contribution is 6.18. The summed E-state index contributed by atoms with van der Waals surface area (Å²) in [4.78, 5) is 7.11. The molecule has 0 aromatic carbocycles. The van der Waals surface area contributed by atoms with Crippen LogP contribution in [0.3, 0.4) is 0 Å². The first kappa shape index (κ1) is 4.05. The highest BCUT2D eigenvalue weighted by Gasteiger charge is 1.84. The summed E-state index contributed by atoms with van der Waals surface area (Å²) in [6, 6.07) is 0. The largest absolute Gasteiger partial charge is 0.875 e. The van der Waals surface area contributed by atoms with E-state index < -0.39 is 0 Å². The number of rotatable bonds is 0. The second-order valence-corrected chi connectivity index (χ2v) is 1.03. The van der Waals surface area contributed by atoms with E-state index in [2.05, 4.69) is 9.98 Å². The van der Waals surface area contributed by atoms with E-state index in [1.54, 1.807) is 0 Å². The van der Waals surface area contributed by atoms with Gasteiger partial charge < -0.3 is 5.11 Å². The van der Waals surface area contributed by atoms with Crippen LogP contribution >= 0.6 is 0 Å². The zero-order valence-electron chi connectivity index (χ0n) is 3.53. The van der Waals surface area contributed by atoms with Crippen molar-refractivity contribution in [3.8, 4) is 0 Å². The number of hydrogen-bond acceptors (Lipinski definition) is 3. The first-order chi connectivity index (χ1) is 3.43. The van der Waals surface area contributed by atoms with Crippen LogP contribution in [0.4, 0.5) is 0 Å². The van der Waals surface area contributed by atoms with Crippen LogP contribution < -0.4 is 5.11 Å². The molecule has 0 saturated carbocycles. The van der Waals surface area contributed by atoms with Crippen molar-refractivity contribution in [2.45, 2.75) is 0 Å². The summed E-state index contributed by atoms with van der Waals surface area (Å²) >= 11 is 0. The SMILES string of the molecule is [O-]C=C1N=CC=N1. The van der Waals surface area contributed by atoms with E-state index >= 15 is 0 Å². The lowest BCUT2D eigenvalue weighted by Gasteiger charge is -1.87. The Morgan fingerprint density at radius 1 is 1.43 bits per heavy atom. The first-order valence-electron chi connectivity index (χ1n) is 1.82.